The molecule has 2 rings (SSSR count). The molecule has 5 heteroatoms. The molecule has 2 aromatic rings. The lowest BCUT2D eigenvalue weighted by molar-refractivity contribution is 0.0784. The van der Waals surface area contributed by atoms with Crippen molar-refractivity contribution in [2.75, 3.05) is 12.8 Å². The summed E-state index contributed by atoms with van der Waals surface area (Å²) >= 11 is 0. The van der Waals surface area contributed by atoms with E-state index in [1.54, 1.807) is 24.9 Å². The van der Waals surface area contributed by atoms with Crippen LogP contribution in [0, 0.1) is 13.8 Å². The van der Waals surface area contributed by atoms with Crippen LogP contribution in [0.1, 0.15) is 27.3 Å². The summed E-state index contributed by atoms with van der Waals surface area (Å²) < 4.78 is 0. The van der Waals surface area contributed by atoms with E-state index in [1.165, 1.54) is 0 Å². The van der Waals surface area contributed by atoms with Crippen molar-refractivity contribution in [1.29, 1.82) is 0 Å². The van der Waals surface area contributed by atoms with Crippen LogP contribution in [-0.4, -0.2) is 28.1 Å². The van der Waals surface area contributed by atoms with E-state index in [0.717, 1.165) is 11.3 Å². The van der Waals surface area contributed by atoms with Crippen molar-refractivity contribution in [2.45, 2.75) is 20.4 Å². The van der Waals surface area contributed by atoms with E-state index in [2.05, 4.69) is 10.2 Å². The Bertz CT molecular complexity index is 640. The number of benzene rings is 1. The summed E-state index contributed by atoms with van der Waals surface area (Å²) in [7, 11) is 1.75. The zero-order valence-corrected chi connectivity index (χ0v) is 11.9. The molecular weight excluding hydrogens is 252 g/mol. The number of aryl methyl sites for hydroxylation is 2. The van der Waals surface area contributed by atoms with Crippen LogP contribution < -0.4 is 5.73 Å². The molecule has 0 fully saturated rings. The van der Waals surface area contributed by atoms with Crippen molar-refractivity contribution in [1.82, 2.24) is 15.1 Å². The highest BCUT2D eigenvalue weighted by molar-refractivity contribution is 5.95. The topological polar surface area (TPSA) is 72.1 Å². The highest BCUT2D eigenvalue weighted by atomic mass is 16.2. The van der Waals surface area contributed by atoms with Gasteiger partial charge in [0.1, 0.15) is 0 Å². The molecule has 1 amide bonds. The van der Waals surface area contributed by atoms with Crippen LogP contribution in [0.4, 0.5) is 5.69 Å². The highest BCUT2D eigenvalue weighted by Gasteiger charge is 2.16. The molecule has 1 aromatic carbocycles. The number of nitrogen functional groups attached to an aromatic ring is 1. The van der Waals surface area contributed by atoms with Crippen LogP contribution in [0.3, 0.4) is 0 Å². The number of rotatable bonds is 3. The molecular formula is C15H18N4O. The molecule has 0 saturated carbocycles. The van der Waals surface area contributed by atoms with Crippen molar-refractivity contribution >= 4 is 11.6 Å². The zero-order chi connectivity index (χ0) is 14.7. The first-order valence-corrected chi connectivity index (χ1v) is 6.39. The van der Waals surface area contributed by atoms with Gasteiger partial charge in [-0.15, -0.1) is 0 Å². The average Bonchev–Trinajstić information content (AvgIpc) is 2.43. The van der Waals surface area contributed by atoms with Gasteiger partial charge in [-0.05, 0) is 31.5 Å². The fourth-order valence-electron chi connectivity index (χ4n) is 1.98. The molecule has 0 spiro atoms. The van der Waals surface area contributed by atoms with Crippen LogP contribution in [0.15, 0.2) is 30.3 Å². The van der Waals surface area contributed by atoms with Gasteiger partial charge in [0.05, 0.1) is 17.0 Å². The van der Waals surface area contributed by atoms with E-state index in [4.69, 9.17) is 5.73 Å². The number of hydrogen-bond acceptors (Lipinski definition) is 4. The minimum Gasteiger partial charge on any atom is -0.398 e. The lowest BCUT2D eigenvalue weighted by Gasteiger charge is -2.19. The Morgan fingerprint density at radius 3 is 2.65 bits per heavy atom. The van der Waals surface area contributed by atoms with E-state index in [9.17, 15) is 4.79 Å². The second-order valence-corrected chi connectivity index (χ2v) is 4.84. The predicted molar refractivity (Wildman–Crippen MR) is 78.2 cm³/mol. The molecule has 2 N–H and O–H groups in total. The molecule has 20 heavy (non-hydrogen) atoms. The Hall–Kier alpha value is -2.43. The van der Waals surface area contributed by atoms with Gasteiger partial charge in [0.15, 0.2) is 0 Å². The van der Waals surface area contributed by atoms with Crippen LogP contribution in [0.25, 0.3) is 0 Å². The second kappa shape index (κ2) is 5.69. The van der Waals surface area contributed by atoms with Gasteiger partial charge < -0.3 is 10.6 Å². The molecule has 0 radical (unpaired) electrons. The third kappa shape index (κ3) is 2.93. The molecule has 0 aliphatic rings. The number of nitrogens with zero attached hydrogens (tertiary/aromatic N) is 3. The van der Waals surface area contributed by atoms with Gasteiger partial charge in [-0.2, -0.15) is 10.2 Å². The average molecular weight is 270 g/mol. The zero-order valence-electron chi connectivity index (χ0n) is 11.9. The van der Waals surface area contributed by atoms with Gasteiger partial charge in [0.25, 0.3) is 5.91 Å². The lowest BCUT2D eigenvalue weighted by Crippen LogP contribution is -2.27. The molecule has 104 valence electrons. The smallest absolute Gasteiger partial charge is 0.255 e. The molecule has 1 aromatic heterocycles. The normalized spacial score (nSPS) is 10.3. The van der Waals surface area contributed by atoms with Crippen molar-refractivity contribution in [3.8, 4) is 0 Å². The highest BCUT2D eigenvalue weighted by Crippen LogP contribution is 2.15. The predicted octanol–water partition coefficient (Wildman–Crippen LogP) is 1.95. The summed E-state index contributed by atoms with van der Waals surface area (Å²) in [4.78, 5) is 14.1. The minimum atomic E-state index is -0.0799. The van der Waals surface area contributed by atoms with E-state index < -0.39 is 0 Å². The van der Waals surface area contributed by atoms with Gasteiger partial charge in [0, 0.05) is 19.3 Å². The van der Waals surface area contributed by atoms with Crippen LogP contribution in [0.5, 0.6) is 0 Å². The largest absolute Gasteiger partial charge is 0.398 e. The van der Waals surface area contributed by atoms with Gasteiger partial charge >= 0.3 is 0 Å². The summed E-state index contributed by atoms with van der Waals surface area (Å²) in [5, 5.41) is 7.92. The van der Waals surface area contributed by atoms with Crippen LogP contribution >= 0.6 is 0 Å². The Morgan fingerprint density at radius 2 is 1.95 bits per heavy atom. The molecule has 0 unspecified atom stereocenters. The quantitative estimate of drug-likeness (QED) is 0.865. The molecule has 5 nitrogen and oxygen atoms in total. The molecule has 0 atom stereocenters. The number of aromatic nitrogens is 2. The number of anilines is 1. The minimum absolute atomic E-state index is 0.0799. The number of hydrogen-bond donors (Lipinski definition) is 1. The molecule has 0 bridgehead atoms. The van der Waals surface area contributed by atoms with E-state index in [-0.39, 0.29) is 5.91 Å². The second-order valence-electron chi connectivity index (χ2n) is 4.84. The molecule has 0 aliphatic heterocycles. The van der Waals surface area contributed by atoms with Crippen LogP contribution in [-0.2, 0) is 6.54 Å². The van der Waals surface area contributed by atoms with E-state index >= 15 is 0 Å². The summed E-state index contributed by atoms with van der Waals surface area (Å²) in [5.41, 5.74) is 9.46. The van der Waals surface area contributed by atoms with E-state index in [0.29, 0.717) is 23.5 Å². The summed E-state index contributed by atoms with van der Waals surface area (Å²) in [5.74, 6) is -0.0799. The van der Waals surface area contributed by atoms with Gasteiger partial charge in [-0.1, -0.05) is 18.2 Å². The standard InChI is InChI=1S/C15H18N4O/c1-10-8-13(11(2)18-17-10)15(20)19(3)9-12-6-4-5-7-14(12)16/h4-8H,9,16H2,1-3H3. The van der Waals surface area contributed by atoms with Crippen molar-refractivity contribution in [2.24, 2.45) is 0 Å². The Labute approximate surface area is 118 Å². The Morgan fingerprint density at radius 1 is 1.25 bits per heavy atom. The maximum Gasteiger partial charge on any atom is 0.255 e. The Kier molecular flexibility index (Phi) is 3.98. The maximum atomic E-state index is 12.5. The fraction of sp³-hybridized carbons (Fsp3) is 0.267. The van der Waals surface area contributed by atoms with Crippen LogP contribution in [0.2, 0.25) is 0 Å². The monoisotopic (exact) mass is 270 g/mol. The first-order valence-electron chi connectivity index (χ1n) is 6.39. The van der Waals surface area contributed by atoms with Crippen molar-refractivity contribution < 1.29 is 4.79 Å². The molecule has 0 saturated heterocycles. The van der Waals surface area contributed by atoms with Gasteiger partial charge in [-0.25, -0.2) is 0 Å². The third-order valence-electron chi connectivity index (χ3n) is 3.14. The summed E-state index contributed by atoms with van der Waals surface area (Å²) in [6.45, 7) is 4.06. The molecule has 0 aliphatic carbocycles. The van der Waals surface area contributed by atoms with Gasteiger partial charge in [-0.3, -0.25) is 4.79 Å². The first-order chi connectivity index (χ1) is 9.49. The number of carbonyl (C=O) groups is 1. The van der Waals surface area contributed by atoms with Gasteiger partial charge in [0.2, 0.25) is 0 Å². The Balaban J connectivity index is 2.21. The van der Waals surface area contributed by atoms with Crippen molar-refractivity contribution in [3.05, 3.63) is 52.8 Å². The number of para-hydroxylation sites is 1. The number of nitrogens with two attached hydrogens (primary N) is 1. The number of amides is 1. The number of carbonyl (C=O) groups excluding carboxylic acids is 1. The summed E-state index contributed by atoms with van der Waals surface area (Å²) in [6, 6.07) is 9.29. The molecule has 1 heterocycles. The lowest BCUT2D eigenvalue weighted by atomic mass is 10.1. The first kappa shape index (κ1) is 14.0. The SMILES string of the molecule is Cc1cc(C(=O)N(C)Cc2ccccc2N)c(C)nn1. The summed E-state index contributed by atoms with van der Waals surface area (Å²) in [6.07, 6.45) is 0. The third-order valence-corrected chi connectivity index (χ3v) is 3.14. The van der Waals surface area contributed by atoms with E-state index in [1.807, 2.05) is 31.2 Å². The maximum absolute atomic E-state index is 12.5. The van der Waals surface area contributed by atoms with Crippen molar-refractivity contribution in [3.63, 3.8) is 0 Å². The fourth-order valence-corrected chi connectivity index (χ4v) is 1.98.